The molecular weight excluding hydrogens is 470 g/mol. The van der Waals surface area contributed by atoms with Crippen LogP contribution in [-0.2, 0) is 14.6 Å². The molecule has 5 rings (SSSR count). The number of fused-ring (bicyclic) bond motifs is 1. The van der Waals surface area contributed by atoms with Crippen molar-refractivity contribution in [3.8, 4) is 0 Å². The fourth-order valence-electron chi connectivity index (χ4n) is 5.13. The van der Waals surface area contributed by atoms with E-state index >= 15 is 0 Å². The predicted molar refractivity (Wildman–Crippen MR) is 130 cm³/mol. The van der Waals surface area contributed by atoms with Gasteiger partial charge in [-0.05, 0) is 62.0 Å². The normalized spacial score (nSPS) is 25.6. The van der Waals surface area contributed by atoms with Gasteiger partial charge in [-0.15, -0.1) is 0 Å². The molecule has 12 heteroatoms. The standard InChI is InChI=1S/C23H29N7O4S/c1-35(33,34)15-6-4-13(5-7-15)27-22-20(21(24)31)26-11-18(29-22)30-8-2-3-14(12-30)28-23(32)19-16-9-25-10-17(16)19/h4-7,11,14,16-17,19,25H,2-3,8-10,12H2,1H3,(H2,24,31)(H,27,29)(H,28,32)/t14?,16-,17+,19?. The van der Waals surface area contributed by atoms with Crippen molar-refractivity contribution in [2.75, 3.05) is 42.7 Å². The Morgan fingerprint density at radius 1 is 1.17 bits per heavy atom. The van der Waals surface area contributed by atoms with Crippen LogP contribution in [-0.4, -0.2) is 68.7 Å². The Kier molecular flexibility index (Phi) is 6.09. The van der Waals surface area contributed by atoms with Crippen LogP contribution in [0.15, 0.2) is 35.4 Å². The number of hydrogen-bond donors (Lipinski definition) is 4. The molecule has 3 aliphatic rings. The summed E-state index contributed by atoms with van der Waals surface area (Å²) in [4.78, 5) is 35.7. The van der Waals surface area contributed by atoms with Gasteiger partial charge in [0.05, 0.1) is 11.1 Å². The summed E-state index contributed by atoms with van der Waals surface area (Å²) in [6.07, 6.45) is 4.43. The number of primary amides is 1. The Bertz CT molecular complexity index is 1240. The number of piperidine rings is 2. The van der Waals surface area contributed by atoms with Gasteiger partial charge in [0.25, 0.3) is 5.91 Å². The Morgan fingerprint density at radius 3 is 2.54 bits per heavy atom. The van der Waals surface area contributed by atoms with Crippen molar-refractivity contribution in [3.05, 3.63) is 36.2 Å². The smallest absolute Gasteiger partial charge is 0.271 e. The average molecular weight is 500 g/mol. The third-order valence-electron chi connectivity index (χ3n) is 7.02. The first-order valence-corrected chi connectivity index (χ1v) is 13.6. The highest BCUT2D eigenvalue weighted by Gasteiger charge is 2.57. The molecule has 11 nitrogen and oxygen atoms in total. The molecular formula is C23H29N7O4S. The molecule has 186 valence electrons. The van der Waals surface area contributed by atoms with E-state index in [2.05, 4.69) is 25.9 Å². The van der Waals surface area contributed by atoms with Crippen molar-refractivity contribution in [2.24, 2.45) is 23.5 Å². The molecule has 2 saturated heterocycles. The molecule has 0 bridgehead atoms. The molecule has 1 saturated carbocycles. The lowest BCUT2D eigenvalue weighted by atomic mass is 10.1. The maximum Gasteiger partial charge on any atom is 0.271 e. The molecule has 35 heavy (non-hydrogen) atoms. The van der Waals surface area contributed by atoms with Crippen LogP contribution in [0, 0.1) is 17.8 Å². The van der Waals surface area contributed by atoms with Crippen LogP contribution in [0.2, 0.25) is 0 Å². The quantitative estimate of drug-likeness (QED) is 0.419. The number of nitrogens with one attached hydrogen (secondary N) is 3. The summed E-state index contributed by atoms with van der Waals surface area (Å²) in [6, 6.07) is 6.14. The number of benzene rings is 1. The highest BCUT2D eigenvalue weighted by Crippen LogP contribution is 2.48. The van der Waals surface area contributed by atoms with Gasteiger partial charge in [-0.2, -0.15) is 0 Å². The van der Waals surface area contributed by atoms with Crippen LogP contribution in [0.5, 0.6) is 0 Å². The van der Waals surface area contributed by atoms with Crippen molar-refractivity contribution in [1.82, 2.24) is 20.6 Å². The van der Waals surface area contributed by atoms with Gasteiger partial charge in [0.15, 0.2) is 21.3 Å². The van der Waals surface area contributed by atoms with Crippen LogP contribution < -0.4 is 26.6 Å². The third-order valence-corrected chi connectivity index (χ3v) is 8.15. The summed E-state index contributed by atoms with van der Waals surface area (Å²) in [5.74, 6) is 1.24. The molecule has 5 N–H and O–H groups in total. The summed E-state index contributed by atoms with van der Waals surface area (Å²) in [6.45, 7) is 3.19. The van der Waals surface area contributed by atoms with E-state index in [1.165, 1.54) is 18.3 Å². The van der Waals surface area contributed by atoms with E-state index < -0.39 is 15.7 Å². The predicted octanol–water partition coefficient (Wildman–Crippen LogP) is 0.273. The van der Waals surface area contributed by atoms with E-state index in [9.17, 15) is 18.0 Å². The van der Waals surface area contributed by atoms with Gasteiger partial charge in [0.2, 0.25) is 5.91 Å². The van der Waals surface area contributed by atoms with Crippen molar-refractivity contribution in [1.29, 1.82) is 0 Å². The minimum atomic E-state index is -3.32. The molecule has 3 heterocycles. The van der Waals surface area contributed by atoms with Gasteiger partial charge in [-0.1, -0.05) is 0 Å². The largest absolute Gasteiger partial charge is 0.364 e. The van der Waals surface area contributed by atoms with Crippen molar-refractivity contribution < 1.29 is 18.0 Å². The van der Waals surface area contributed by atoms with Crippen molar-refractivity contribution in [2.45, 2.75) is 23.8 Å². The molecule has 1 aliphatic carbocycles. The van der Waals surface area contributed by atoms with E-state index in [0.717, 1.165) is 38.7 Å². The number of nitrogens with two attached hydrogens (primary N) is 1. The van der Waals surface area contributed by atoms with Crippen molar-refractivity contribution >= 4 is 39.0 Å². The second-order valence-corrected chi connectivity index (χ2v) is 11.5. The Morgan fingerprint density at radius 2 is 1.89 bits per heavy atom. The second-order valence-electron chi connectivity index (χ2n) is 9.52. The number of aromatic nitrogens is 2. The lowest BCUT2D eigenvalue weighted by Crippen LogP contribution is -2.49. The first-order chi connectivity index (χ1) is 16.7. The molecule has 4 atom stereocenters. The molecule has 3 fully saturated rings. The van der Waals surface area contributed by atoms with E-state index in [0.29, 0.717) is 29.9 Å². The topological polar surface area (TPSA) is 159 Å². The first-order valence-electron chi connectivity index (χ1n) is 11.7. The zero-order valence-corrected chi connectivity index (χ0v) is 20.2. The number of rotatable bonds is 7. The molecule has 0 radical (unpaired) electrons. The van der Waals surface area contributed by atoms with Gasteiger partial charge in [0, 0.05) is 37.0 Å². The van der Waals surface area contributed by atoms with Crippen LogP contribution in [0.4, 0.5) is 17.3 Å². The summed E-state index contributed by atoms with van der Waals surface area (Å²) in [7, 11) is -3.32. The Balaban J connectivity index is 1.30. The highest BCUT2D eigenvalue weighted by atomic mass is 32.2. The lowest BCUT2D eigenvalue weighted by Gasteiger charge is -2.34. The Hall–Kier alpha value is -3.25. The van der Waals surface area contributed by atoms with Crippen LogP contribution in [0.3, 0.4) is 0 Å². The molecule has 2 amide bonds. The molecule has 0 spiro atoms. The second kappa shape index (κ2) is 9.08. The fourth-order valence-corrected chi connectivity index (χ4v) is 5.76. The molecule has 2 unspecified atom stereocenters. The van der Waals surface area contributed by atoms with E-state index in [1.807, 2.05) is 4.90 Å². The van der Waals surface area contributed by atoms with Crippen LogP contribution >= 0.6 is 0 Å². The van der Waals surface area contributed by atoms with Gasteiger partial charge < -0.3 is 26.6 Å². The zero-order valence-electron chi connectivity index (χ0n) is 19.4. The number of sulfone groups is 1. The number of amides is 2. The monoisotopic (exact) mass is 499 g/mol. The molecule has 1 aromatic heterocycles. The molecule has 1 aromatic carbocycles. The SMILES string of the molecule is CS(=O)(=O)c1ccc(Nc2nc(N3CCCC(NC(=O)C4[C@H]5CNC[C@@H]45)C3)cnc2C(N)=O)cc1. The third kappa shape index (κ3) is 4.94. The number of carbonyl (C=O) groups excluding carboxylic acids is 2. The number of anilines is 3. The highest BCUT2D eigenvalue weighted by molar-refractivity contribution is 7.90. The lowest BCUT2D eigenvalue weighted by molar-refractivity contribution is -0.123. The average Bonchev–Trinajstić information content (AvgIpc) is 3.31. The van der Waals surface area contributed by atoms with E-state index in [4.69, 9.17) is 5.73 Å². The molecule has 2 aromatic rings. The van der Waals surface area contributed by atoms with E-state index in [1.54, 1.807) is 12.1 Å². The van der Waals surface area contributed by atoms with Gasteiger partial charge in [-0.25, -0.2) is 18.4 Å². The van der Waals surface area contributed by atoms with Crippen molar-refractivity contribution in [3.63, 3.8) is 0 Å². The van der Waals surface area contributed by atoms with E-state index in [-0.39, 0.29) is 34.3 Å². The minimum absolute atomic E-state index is 0.0168. The minimum Gasteiger partial charge on any atom is -0.364 e. The fraction of sp³-hybridized carbons (Fsp3) is 0.478. The summed E-state index contributed by atoms with van der Waals surface area (Å²) in [5, 5.41) is 9.56. The molecule has 2 aliphatic heterocycles. The number of carbonyl (C=O) groups is 2. The number of hydrogen-bond acceptors (Lipinski definition) is 9. The van der Waals surface area contributed by atoms with Crippen LogP contribution in [0.1, 0.15) is 23.3 Å². The summed E-state index contributed by atoms with van der Waals surface area (Å²) in [5.41, 5.74) is 6.03. The zero-order chi connectivity index (χ0) is 24.7. The van der Waals surface area contributed by atoms with Gasteiger partial charge in [-0.3, -0.25) is 9.59 Å². The number of nitrogens with zero attached hydrogens (tertiary/aromatic N) is 3. The first kappa shape index (κ1) is 23.5. The van der Waals surface area contributed by atoms with Gasteiger partial charge in [0.1, 0.15) is 5.82 Å². The Labute approximate surface area is 203 Å². The maximum atomic E-state index is 12.7. The summed E-state index contributed by atoms with van der Waals surface area (Å²) < 4.78 is 23.4. The van der Waals surface area contributed by atoms with Crippen LogP contribution in [0.25, 0.3) is 0 Å². The maximum absolute atomic E-state index is 12.7. The van der Waals surface area contributed by atoms with Gasteiger partial charge >= 0.3 is 0 Å². The summed E-state index contributed by atoms with van der Waals surface area (Å²) >= 11 is 0.